The van der Waals surface area contributed by atoms with Crippen LogP contribution in [0.2, 0.25) is 0 Å². The summed E-state index contributed by atoms with van der Waals surface area (Å²) in [4.78, 5) is 0.118. The van der Waals surface area contributed by atoms with Gasteiger partial charge in [-0.05, 0) is 38.5 Å². The van der Waals surface area contributed by atoms with Crippen LogP contribution in [0.5, 0.6) is 0 Å². The largest absolute Gasteiger partial charge is 0.376 e. The molecule has 1 heterocycles. The third kappa shape index (κ3) is 3.25. The fourth-order valence-electron chi connectivity index (χ4n) is 2.23. The number of sulfonamides is 1. The van der Waals surface area contributed by atoms with E-state index in [1.165, 1.54) is 12.1 Å². The quantitative estimate of drug-likeness (QED) is 0.902. The molecule has 2 rings (SSSR count). The zero-order valence-electron chi connectivity index (χ0n) is 12.6. The molecule has 0 fully saturated rings. The van der Waals surface area contributed by atoms with Crippen molar-refractivity contribution in [2.75, 3.05) is 5.32 Å². The number of nitrogens with zero attached hydrogens (tertiary/aromatic N) is 2. The molecule has 0 aliphatic heterocycles. The molecular formula is C14H20N4O2S. The Balaban J connectivity index is 2.23. The van der Waals surface area contributed by atoms with Crippen LogP contribution < -0.4 is 10.5 Å². The summed E-state index contributed by atoms with van der Waals surface area (Å²) in [7, 11) is -1.75. The molecule has 0 saturated heterocycles. The van der Waals surface area contributed by atoms with E-state index in [0.717, 1.165) is 22.6 Å². The van der Waals surface area contributed by atoms with Crippen molar-refractivity contribution in [2.45, 2.75) is 31.7 Å². The Morgan fingerprint density at radius 1 is 1.24 bits per heavy atom. The molecule has 1 atom stereocenters. The lowest BCUT2D eigenvalue weighted by molar-refractivity contribution is 0.597. The van der Waals surface area contributed by atoms with Gasteiger partial charge in [-0.25, -0.2) is 13.6 Å². The van der Waals surface area contributed by atoms with E-state index in [0.29, 0.717) is 0 Å². The van der Waals surface area contributed by atoms with Crippen molar-refractivity contribution in [1.82, 2.24) is 9.78 Å². The highest BCUT2D eigenvalue weighted by molar-refractivity contribution is 7.89. The number of nitrogens with two attached hydrogens (primary N) is 1. The van der Waals surface area contributed by atoms with Crippen molar-refractivity contribution < 1.29 is 8.42 Å². The number of hydrogen-bond acceptors (Lipinski definition) is 4. The zero-order valence-corrected chi connectivity index (χ0v) is 13.4. The van der Waals surface area contributed by atoms with Gasteiger partial charge < -0.3 is 5.32 Å². The molecule has 0 aliphatic rings. The van der Waals surface area contributed by atoms with Crippen LogP contribution in [0.15, 0.2) is 29.2 Å². The first-order chi connectivity index (χ1) is 9.70. The topological polar surface area (TPSA) is 90.0 Å². The summed E-state index contributed by atoms with van der Waals surface area (Å²) in [5.74, 6) is 0. The van der Waals surface area contributed by atoms with Gasteiger partial charge in [-0.2, -0.15) is 5.10 Å². The van der Waals surface area contributed by atoms with E-state index in [1.54, 1.807) is 12.1 Å². The average molecular weight is 308 g/mol. The maximum atomic E-state index is 11.2. The van der Waals surface area contributed by atoms with Gasteiger partial charge >= 0.3 is 0 Å². The van der Waals surface area contributed by atoms with Crippen LogP contribution in [0.1, 0.15) is 29.9 Å². The van der Waals surface area contributed by atoms with Gasteiger partial charge in [0.2, 0.25) is 10.0 Å². The normalized spacial score (nSPS) is 13.2. The molecule has 114 valence electrons. The van der Waals surface area contributed by atoms with Crippen molar-refractivity contribution >= 4 is 15.7 Å². The Hall–Kier alpha value is -1.86. The summed E-state index contributed by atoms with van der Waals surface area (Å²) in [6.07, 6.45) is 0. The number of benzene rings is 1. The van der Waals surface area contributed by atoms with Gasteiger partial charge in [-0.1, -0.05) is 12.1 Å². The fourth-order valence-corrected chi connectivity index (χ4v) is 2.74. The maximum absolute atomic E-state index is 11.2. The van der Waals surface area contributed by atoms with E-state index in [-0.39, 0.29) is 10.9 Å². The maximum Gasteiger partial charge on any atom is 0.238 e. The lowest BCUT2D eigenvalue weighted by atomic mass is 10.1. The minimum absolute atomic E-state index is 0.0288. The summed E-state index contributed by atoms with van der Waals surface area (Å²) < 4.78 is 24.3. The van der Waals surface area contributed by atoms with Gasteiger partial charge in [0.25, 0.3) is 0 Å². The van der Waals surface area contributed by atoms with E-state index >= 15 is 0 Å². The lowest BCUT2D eigenvalue weighted by Gasteiger charge is -2.16. The molecule has 21 heavy (non-hydrogen) atoms. The van der Waals surface area contributed by atoms with Crippen LogP contribution in [-0.2, 0) is 17.1 Å². The first-order valence-corrected chi connectivity index (χ1v) is 8.14. The predicted octanol–water partition coefficient (Wildman–Crippen LogP) is 1.86. The number of aryl methyl sites for hydroxylation is 2. The standard InChI is InChI=1S/C14H20N4O2S/c1-9(16-14-10(2)17-18(4)11(14)3)12-5-7-13(8-6-12)21(15,19)20/h5-9,16H,1-4H3,(H2,15,19,20). The Labute approximate surface area is 125 Å². The molecule has 0 bridgehead atoms. The highest BCUT2D eigenvalue weighted by Crippen LogP contribution is 2.25. The van der Waals surface area contributed by atoms with E-state index in [9.17, 15) is 8.42 Å². The van der Waals surface area contributed by atoms with Crippen molar-refractivity contribution in [3.05, 3.63) is 41.2 Å². The monoisotopic (exact) mass is 308 g/mol. The van der Waals surface area contributed by atoms with E-state index in [4.69, 9.17) is 5.14 Å². The summed E-state index contributed by atoms with van der Waals surface area (Å²) in [6.45, 7) is 5.96. The zero-order chi connectivity index (χ0) is 15.8. The summed E-state index contributed by atoms with van der Waals surface area (Å²) in [5, 5.41) is 12.9. The molecule has 0 saturated carbocycles. The van der Waals surface area contributed by atoms with Crippen LogP contribution >= 0.6 is 0 Å². The molecule has 1 aromatic heterocycles. The molecule has 7 heteroatoms. The van der Waals surface area contributed by atoms with E-state index in [1.807, 2.05) is 32.5 Å². The highest BCUT2D eigenvalue weighted by atomic mass is 32.2. The van der Waals surface area contributed by atoms with Gasteiger partial charge in [0.1, 0.15) is 0 Å². The fraction of sp³-hybridized carbons (Fsp3) is 0.357. The second-order valence-electron chi connectivity index (χ2n) is 5.15. The lowest BCUT2D eigenvalue weighted by Crippen LogP contribution is -2.13. The van der Waals surface area contributed by atoms with Crippen LogP contribution in [-0.4, -0.2) is 18.2 Å². The van der Waals surface area contributed by atoms with Crippen molar-refractivity contribution in [3.8, 4) is 0 Å². The van der Waals surface area contributed by atoms with Gasteiger partial charge in [-0.15, -0.1) is 0 Å². The van der Waals surface area contributed by atoms with Crippen molar-refractivity contribution in [1.29, 1.82) is 0 Å². The number of nitrogens with one attached hydrogen (secondary N) is 1. The van der Waals surface area contributed by atoms with E-state index in [2.05, 4.69) is 10.4 Å². The van der Waals surface area contributed by atoms with Crippen molar-refractivity contribution in [2.24, 2.45) is 12.2 Å². The Kier molecular flexibility index (Phi) is 4.06. The highest BCUT2D eigenvalue weighted by Gasteiger charge is 2.14. The summed E-state index contributed by atoms with van der Waals surface area (Å²) in [5.41, 5.74) is 3.97. The molecule has 0 amide bonds. The van der Waals surface area contributed by atoms with E-state index < -0.39 is 10.0 Å². The Morgan fingerprint density at radius 3 is 2.24 bits per heavy atom. The first-order valence-electron chi connectivity index (χ1n) is 6.59. The summed E-state index contributed by atoms with van der Waals surface area (Å²) >= 11 is 0. The number of hydrogen-bond donors (Lipinski definition) is 2. The minimum Gasteiger partial charge on any atom is -0.376 e. The average Bonchev–Trinajstić information content (AvgIpc) is 2.64. The minimum atomic E-state index is -3.65. The van der Waals surface area contributed by atoms with Crippen LogP contribution in [0.25, 0.3) is 0 Å². The SMILES string of the molecule is Cc1nn(C)c(C)c1NC(C)c1ccc(S(N)(=O)=O)cc1. The third-order valence-electron chi connectivity index (χ3n) is 3.58. The third-order valence-corrected chi connectivity index (χ3v) is 4.51. The molecule has 1 unspecified atom stereocenters. The smallest absolute Gasteiger partial charge is 0.238 e. The molecular weight excluding hydrogens is 288 g/mol. The number of rotatable bonds is 4. The number of anilines is 1. The second kappa shape index (κ2) is 5.50. The Bertz CT molecular complexity index is 748. The molecule has 3 N–H and O–H groups in total. The second-order valence-corrected chi connectivity index (χ2v) is 6.71. The molecule has 0 aliphatic carbocycles. The predicted molar refractivity (Wildman–Crippen MR) is 82.5 cm³/mol. The number of primary sulfonamides is 1. The van der Waals surface area contributed by atoms with Gasteiger partial charge in [0.15, 0.2) is 0 Å². The van der Waals surface area contributed by atoms with Crippen LogP contribution in [0.3, 0.4) is 0 Å². The molecule has 6 nitrogen and oxygen atoms in total. The Morgan fingerprint density at radius 2 is 1.81 bits per heavy atom. The molecule has 1 aromatic carbocycles. The number of aromatic nitrogens is 2. The first kappa shape index (κ1) is 15.5. The molecule has 0 spiro atoms. The van der Waals surface area contributed by atoms with Crippen LogP contribution in [0, 0.1) is 13.8 Å². The molecule has 2 aromatic rings. The van der Waals surface area contributed by atoms with Gasteiger partial charge in [0, 0.05) is 13.1 Å². The van der Waals surface area contributed by atoms with Crippen molar-refractivity contribution in [3.63, 3.8) is 0 Å². The van der Waals surface area contributed by atoms with Gasteiger partial charge in [0.05, 0.1) is 22.0 Å². The van der Waals surface area contributed by atoms with Gasteiger partial charge in [-0.3, -0.25) is 4.68 Å². The summed E-state index contributed by atoms with van der Waals surface area (Å²) in [6, 6.07) is 6.59. The van der Waals surface area contributed by atoms with Crippen LogP contribution in [0.4, 0.5) is 5.69 Å². The molecule has 0 radical (unpaired) electrons.